The Labute approximate surface area is 219 Å². The molecule has 1 saturated heterocycles. The number of aliphatic hydroxyl groups excluding tert-OH is 1. The van der Waals surface area contributed by atoms with Gasteiger partial charge in [0.15, 0.2) is 0 Å². The van der Waals surface area contributed by atoms with E-state index < -0.39 is 17.7 Å². The molecule has 5 nitrogen and oxygen atoms in total. The fraction of sp³-hybridized carbons (Fsp3) is 0.241. The molecule has 1 unspecified atom stereocenters. The maximum Gasteiger partial charge on any atom is 0.295 e. The lowest BCUT2D eigenvalue weighted by atomic mass is 9.95. The van der Waals surface area contributed by atoms with Crippen LogP contribution in [0.25, 0.3) is 5.76 Å². The van der Waals surface area contributed by atoms with Crippen molar-refractivity contribution < 1.29 is 19.4 Å². The molecular formula is C29H28INO4. The van der Waals surface area contributed by atoms with E-state index in [1.54, 1.807) is 23.1 Å². The van der Waals surface area contributed by atoms with Crippen LogP contribution in [0.3, 0.4) is 0 Å². The molecule has 1 aliphatic heterocycles. The number of rotatable bonds is 9. The first-order valence-corrected chi connectivity index (χ1v) is 12.9. The van der Waals surface area contributed by atoms with Crippen molar-refractivity contribution in [3.05, 3.63) is 105 Å². The largest absolute Gasteiger partial charge is 0.507 e. The number of carbonyl (C=O) groups is 2. The van der Waals surface area contributed by atoms with E-state index in [-0.39, 0.29) is 11.3 Å². The van der Waals surface area contributed by atoms with Gasteiger partial charge in [0.2, 0.25) is 0 Å². The number of benzene rings is 3. The zero-order valence-electron chi connectivity index (χ0n) is 19.6. The van der Waals surface area contributed by atoms with Crippen molar-refractivity contribution in [3.8, 4) is 5.75 Å². The van der Waals surface area contributed by atoms with Crippen LogP contribution in [0.4, 0.5) is 0 Å². The van der Waals surface area contributed by atoms with Crippen LogP contribution >= 0.6 is 22.6 Å². The summed E-state index contributed by atoms with van der Waals surface area (Å²) in [6.45, 7) is 3.03. The second-order valence-corrected chi connectivity index (χ2v) is 9.76. The first-order chi connectivity index (χ1) is 17.0. The smallest absolute Gasteiger partial charge is 0.295 e. The number of ether oxygens (including phenoxy) is 1. The van der Waals surface area contributed by atoms with Crippen LogP contribution in [0.5, 0.6) is 5.75 Å². The highest BCUT2D eigenvalue weighted by Gasteiger charge is 2.45. The van der Waals surface area contributed by atoms with Crippen LogP contribution in [-0.4, -0.2) is 34.8 Å². The zero-order valence-corrected chi connectivity index (χ0v) is 21.8. The minimum absolute atomic E-state index is 0.106. The third kappa shape index (κ3) is 5.75. The van der Waals surface area contributed by atoms with E-state index in [9.17, 15) is 14.7 Å². The molecule has 180 valence electrons. The van der Waals surface area contributed by atoms with Gasteiger partial charge in [-0.15, -0.1) is 0 Å². The summed E-state index contributed by atoms with van der Waals surface area (Å²) in [7, 11) is 0. The van der Waals surface area contributed by atoms with E-state index in [0.717, 1.165) is 27.5 Å². The molecule has 1 amide bonds. The molecule has 0 aromatic heterocycles. The quantitative estimate of drug-likeness (QED) is 0.109. The summed E-state index contributed by atoms with van der Waals surface area (Å²) in [5.74, 6) is -0.834. The molecule has 4 rings (SSSR count). The summed E-state index contributed by atoms with van der Waals surface area (Å²) in [5.41, 5.74) is 2.42. The summed E-state index contributed by atoms with van der Waals surface area (Å²) in [6, 6.07) is 23.9. The summed E-state index contributed by atoms with van der Waals surface area (Å²) >= 11 is 2.22. The predicted octanol–water partition coefficient (Wildman–Crippen LogP) is 6.13. The van der Waals surface area contributed by atoms with E-state index >= 15 is 0 Å². The number of ketones is 1. The van der Waals surface area contributed by atoms with Crippen molar-refractivity contribution in [3.63, 3.8) is 0 Å². The Morgan fingerprint density at radius 1 is 1.00 bits per heavy atom. The summed E-state index contributed by atoms with van der Waals surface area (Å²) < 4.78 is 6.83. The third-order valence-electron chi connectivity index (χ3n) is 6.08. The fourth-order valence-electron chi connectivity index (χ4n) is 4.22. The second kappa shape index (κ2) is 11.5. The average Bonchev–Trinajstić information content (AvgIpc) is 3.13. The Bertz CT molecular complexity index is 1220. The Kier molecular flexibility index (Phi) is 8.23. The van der Waals surface area contributed by atoms with E-state index in [4.69, 9.17) is 4.74 Å². The van der Waals surface area contributed by atoms with Gasteiger partial charge in [0, 0.05) is 15.7 Å². The number of likely N-dealkylation sites (tertiary alicyclic amines) is 1. The number of halogens is 1. The molecule has 3 aromatic carbocycles. The van der Waals surface area contributed by atoms with Gasteiger partial charge in [0.05, 0.1) is 18.2 Å². The maximum atomic E-state index is 13.2. The van der Waals surface area contributed by atoms with E-state index in [1.165, 1.54) is 0 Å². The van der Waals surface area contributed by atoms with Crippen molar-refractivity contribution in [2.24, 2.45) is 0 Å². The molecule has 1 heterocycles. The van der Waals surface area contributed by atoms with Crippen LogP contribution in [0.2, 0.25) is 0 Å². The Hall–Kier alpha value is -3.13. The molecule has 0 bridgehead atoms. The average molecular weight is 581 g/mol. The van der Waals surface area contributed by atoms with Gasteiger partial charge in [-0.3, -0.25) is 9.59 Å². The lowest BCUT2D eigenvalue weighted by molar-refractivity contribution is -0.139. The molecule has 0 saturated carbocycles. The minimum atomic E-state index is -0.670. The zero-order chi connectivity index (χ0) is 24.8. The molecule has 1 fully saturated rings. The number of unbranched alkanes of at least 4 members (excludes halogenated alkanes) is 1. The highest BCUT2D eigenvalue weighted by molar-refractivity contribution is 14.1. The van der Waals surface area contributed by atoms with Crippen LogP contribution in [0.15, 0.2) is 84.4 Å². The van der Waals surface area contributed by atoms with Crippen LogP contribution in [0.1, 0.15) is 42.5 Å². The van der Waals surface area contributed by atoms with Gasteiger partial charge in [0.1, 0.15) is 11.5 Å². The first kappa shape index (κ1) is 25.0. The van der Waals surface area contributed by atoms with Crippen LogP contribution in [-0.2, 0) is 16.0 Å². The third-order valence-corrected chi connectivity index (χ3v) is 6.80. The molecule has 1 aliphatic rings. The molecule has 1 N–H and O–H groups in total. The number of hydrogen-bond donors (Lipinski definition) is 1. The molecule has 3 aromatic rings. The number of hydrogen-bond acceptors (Lipinski definition) is 4. The molecule has 0 aliphatic carbocycles. The first-order valence-electron chi connectivity index (χ1n) is 11.8. The van der Waals surface area contributed by atoms with Crippen molar-refractivity contribution in [2.45, 2.75) is 32.2 Å². The number of amides is 1. The summed E-state index contributed by atoms with van der Waals surface area (Å²) in [4.78, 5) is 28.0. The highest BCUT2D eigenvalue weighted by atomic mass is 127. The van der Waals surface area contributed by atoms with Crippen molar-refractivity contribution in [1.82, 2.24) is 4.90 Å². The van der Waals surface area contributed by atoms with Gasteiger partial charge < -0.3 is 14.7 Å². The van der Waals surface area contributed by atoms with E-state index in [1.807, 2.05) is 60.7 Å². The Morgan fingerprint density at radius 3 is 2.46 bits per heavy atom. The molecule has 6 heteroatoms. The standard InChI is InChI=1S/C29H28INO4/c1-2-3-18-35-24-11-7-10-22(19-24)27(32)25-26(21-12-14-23(30)15-13-21)31(29(34)28(25)33)17-16-20-8-5-4-6-9-20/h4-15,19,26,32H,2-3,16-18H2,1H3/b27-25+. The maximum absolute atomic E-state index is 13.2. The Morgan fingerprint density at radius 2 is 1.74 bits per heavy atom. The molecule has 0 spiro atoms. The lowest BCUT2D eigenvalue weighted by Gasteiger charge is -2.25. The highest BCUT2D eigenvalue weighted by Crippen LogP contribution is 2.40. The molecule has 0 radical (unpaired) electrons. The van der Waals surface area contributed by atoms with Crippen molar-refractivity contribution in [2.75, 3.05) is 13.2 Å². The minimum Gasteiger partial charge on any atom is -0.507 e. The lowest BCUT2D eigenvalue weighted by Crippen LogP contribution is -2.31. The number of nitrogens with zero attached hydrogens (tertiary/aromatic N) is 1. The SMILES string of the molecule is CCCCOc1cccc(/C(O)=C2\C(=O)C(=O)N(CCc3ccccc3)C2c2ccc(I)cc2)c1. The number of Topliss-reactive ketones (excluding diaryl/α,β-unsaturated/α-hetero) is 1. The van der Waals surface area contributed by atoms with Gasteiger partial charge >= 0.3 is 0 Å². The van der Waals surface area contributed by atoms with Crippen LogP contribution < -0.4 is 4.74 Å². The van der Waals surface area contributed by atoms with E-state index in [2.05, 4.69) is 29.5 Å². The monoisotopic (exact) mass is 581 g/mol. The fourth-order valence-corrected chi connectivity index (χ4v) is 4.58. The topological polar surface area (TPSA) is 66.8 Å². The van der Waals surface area contributed by atoms with Gasteiger partial charge in [-0.1, -0.05) is 67.9 Å². The van der Waals surface area contributed by atoms with Gasteiger partial charge in [-0.05, 0) is 70.8 Å². The molecular weight excluding hydrogens is 553 g/mol. The van der Waals surface area contributed by atoms with Crippen molar-refractivity contribution >= 4 is 40.0 Å². The summed E-state index contributed by atoms with van der Waals surface area (Å²) in [6.07, 6.45) is 2.55. The van der Waals surface area contributed by atoms with Gasteiger partial charge in [-0.2, -0.15) is 0 Å². The van der Waals surface area contributed by atoms with Gasteiger partial charge in [-0.25, -0.2) is 0 Å². The van der Waals surface area contributed by atoms with Gasteiger partial charge in [0.25, 0.3) is 11.7 Å². The molecule has 35 heavy (non-hydrogen) atoms. The second-order valence-electron chi connectivity index (χ2n) is 8.51. The number of carbonyl (C=O) groups excluding carboxylic acids is 2. The van der Waals surface area contributed by atoms with Crippen LogP contribution in [0, 0.1) is 3.57 Å². The van der Waals surface area contributed by atoms with E-state index in [0.29, 0.717) is 30.9 Å². The van der Waals surface area contributed by atoms with Crippen molar-refractivity contribution in [1.29, 1.82) is 0 Å². The molecule has 1 atom stereocenters. The Balaban J connectivity index is 1.73. The summed E-state index contributed by atoms with van der Waals surface area (Å²) in [5, 5.41) is 11.3. The predicted molar refractivity (Wildman–Crippen MR) is 145 cm³/mol. The number of aliphatic hydroxyl groups is 1. The normalized spacial score (nSPS) is 17.1.